The predicted molar refractivity (Wildman–Crippen MR) is 136 cm³/mol. The Bertz CT molecular complexity index is 1430. The van der Waals surface area contributed by atoms with Crippen LogP contribution in [0.3, 0.4) is 0 Å². The average molecular weight is 509 g/mol. The van der Waals surface area contributed by atoms with E-state index >= 15 is 0 Å². The summed E-state index contributed by atoms with van der Waals surface area (Å²) in [6, 6.07) is 3.86. The number of pyridine rings is 1. The lowest BCUT2D eigenvalue weighted by Gasteiger charge is -2.30. The van der Waals surface area contributed by atoms with Crippen LogP contribution >= 0.6 is 0 Å². The number of carbonyl (C=O) groups excluding carboxylic acids is 1. The summed E-state index contributed by atoms with van der Waals surface area (Å²) in [6.45, 7) is 3.07. The number of nitrogens with one attached hydrogen (secondary N) is 2. The summed E-state index contributed by atoms with van der Waals surface area (Å²) < 4.78 is 27.6. The van der Waals surface area contributed by atoms with Crippen molar-refractivity contribution in [2.24, 2.45) is 5.92 Å². The molecule has 0 aromatic carbocycles. The molecule has 2 N–H and O–H groups in total. The molecule has 194 valence electrons. The third kappa shape index (κ3) is 4.62. The summed E-state index contributed by atoms with van der Waals surface area (Å²) in [5, 5.41) is 4.24. The minimum absolute atomic E-state index is 0.135. The molecule has 1 aliphatic heterocycles. The second kappa shape index (κ2) is 9.68. The Kier molecular flexibility index (Phi) is 6.21. The molecule has 0 atom stereocenters. The van der Waals surface area contributed by atoms with Crippen LogP contribution in [0.5, 0.6) is 0 Å². The quantitative estimate of drug-likeness (QED) is 0.396. The van der Waals surface area contributed by atoms with Crippen molar-refractivity contribution in [2.45, 2.75) is 64.5 Å². The fraction of sp³-hybridized carbons (Fsp3) is 0.500. The standard InChI is InChI=1S/C26H30F2N8O/c1-15-31-21-9-8-20(33-24(21)36(15)14-22(27)28)18-12-29-23-19(18)13-30-26(34-23)32-17-6-4-16(5-7-17)25(37)35-10-2-3-11-35/h8-9,12-13,16-17,22H,2-7,10-11,14H2,1H3,(H2,29,30,32,34). The molecule has 1 amide bonds. The first-order chi connectivity index (χ1) is 18.0. The van der Waals surface area contributed by atoms with Gasteiger partial charge in [0.05, 0.1) is 12.2 Å². The molecule has 1 saturated heterocycles. The normalized spacial score (nSPS) is 20.4. The minimum Gasteiger partial charge on any atom is -0.351 e. The maximum absolute atomic E-state index is 13.1. The van der Waals surface area contributed by atoms with Gasteiger partial charge in [0.1, 0.15) is 17.0 Å². The number of aryl methyl sites for hydroxylation is 1. The molecule has 4 aromatic rings. The Morgan fingerprint density at radius 3 is 2.68 bits per heavy atom. The number of H-pyrrole nitrogens is 1. The molecule has 0 radical (unpaired) electrons. The van der Waals surface area contributed by atoms with E-state index in [0.717, 1.165) is 62.6 Å². The van der Waals surface area contributed by atoms with Crippen LogP contribution in [0.25, 0.3) is 33.5 Å². The number of hydrogen-bond donors (Lipinski definition) is 2. The zero-order valence-corrected chi connectivity index (χ0v) is 20.8. The number of likely N-dealkylation sites (tertiary alicyclic amines) is 1. The SMILES string of the molecule is Cc1nc2ccc(-c3c[nH]c4nc(NC5CCC(C(=O)N6CCCC6)CC5)ncc34)nc2n1CC(F)F. The van der Waals surface area contributed by atoms with Crippen LogP contribution < -0.4 is 5.32 Å². The van der Waals surface area contributed by atoms with Gasteiger partial charge in [-0.2, -0.15) is 4.98 Å². The molecule has 0 unspecified atom stereocenters. The van der Waals surface area contributed by atoms with Gasteiger partial charge in [0.15, 0.2) is 5.65 Å². The number of alkyl halides is 2. The Morgan fingerprint density at radius 1 is 1.14 bits per heavy atom. The van der Waals surface area contributed by atoms with E-state index in [1.165, 1.54) is 4.57 Å². The number of aromatic nitrogens is 6. The van der Waals surface area contributed by atoms with Crippen LogP contribution in [-0.4, -0.2) is 65.9 Å². The number of hydrogen-bond acceptors (Lipinski definition) is 6. The first kappa shape index (κ1) is 23.7. The van der Waals surface area contributed by atoms with E-state index < -0.39 is 13.0 Å². The number of nitrogens with zero attached hydrogens (tertiary/aromatic N) is 6. The van der Waals surface area contributed by atoms with E-state index in [4.69, 9.17) is 0 Å². The summed E-state index contributed by atoms with van der Waals surface area (Å²) in [5.74, 6) is 1.51. The molecule has 1 saturated carbocycles. The monoisotopic (exact) mass is 508 g/mol. The van der Waals surface area contributed by atoms with Crippen molar-refractivity contribution in [1.29, 1.82) is 0 Å². The fourth-order valence-corrected chi connectivity index (χ4v) is 5.67. The van der Waals surface area contributed by atoms with E-state index in [-0.39, 0.29) is 12.0 Å². The lowest BCUT2D eigenvalue weighted by Crippen LogP contribution is -2.37. The predicted octanol–water partition coefficient (Wildman–Crippen LogP) is 4.54. The van der Waals surface area contributed by atoms with Crippen molar-refractivity contribution >= 4 is 34.1 Å². The lowest BCUT2D eigenvalue weighted by molar-refractivity contribution is -0.135. The minimum atomic E-state index is -2.49. The Morgan fingerprint density at radius 2 is 1.92 bits per heavy atom. The van der Waals surface area contributed by atoms with Crippen molar-refractivity contribution in [2.75, 3.05) is 18.4 Å². The molecular weight excluding hydrogens is 478 g/mol. The average Bonchev–Trinajstić information content (AvgIpc) is 3.63. The molecule has 5 heterocycles. The smallest absolute Gasteiger partial charge is 0.256 e. The summed E-state index contributed by atoms with van der Waals surface area (Å²) >= 11 is 0. The highest BCUT2D eigenvalue weighted by molar-refractivity contribution is 5.93. The fourth-order valence-electron chi connectivity index (χ4n) is 5.67. The first-order valence-corrected chi connectivity index (χ1v) is 13.0. The van der Waals surface area contributed by atoms with Gasteiger partial charge in [-0.3, -0.25) is 4.79 Å². The molecule has 37 heavy (non-hydrogen) atoms. The molecule has 0 bridgehead atoms. The van der Waals surface area contributed by atoms with Gasteiger partial charge < -0.3 is 19.8 Å². The van der Waals surface area contributed by atoms with Gasteiger partial charge in [0, 0.05) is 48.4 Å². The van der Waals surface area contributed by atoms with Gasteiger partial charge in [-0.1, -0.05) is 0 Å². The van der Waals surface area contributed by atoms with Crippen LogP contribution in [0.15, 0.2) is 24.5 Å². The molecule has 2 aliphatic rings. The van der Waals surface area contributed by atoms with Crippen molar-refractivity contribution in [3.05, 3.63) is 30.4 Å². The molecule has 4 aromatic heterocycles. The highest BCUT2D eigenvalue weighted by Gasteiger charge is 2.30. The largest absolute Gasteiger partial charge is 0.351 e. The second-order valence-corrected chi connectivity index (χ2v) is 10.1. The Hall–Kier alpha value is -3.63. The Balaban J connectivity index is 1.17. The molecule has 6 rings (SSSR count). The number of rotatable bonds is 6. The summed E-state index contributed by atoms with van der Waals surface area (Å²) in [7, 11) is 0. The van der Waals surface area contributed by atoms with Gasteiger partial charge in [-0.25, -0.2) is 23.7 Å². The number of amides is 1. The van der Waals surface area contributed by atoms with Crippen LogP contribution in [0.1, 0.15) is 44.3 Å². The van der Waals surface area contributed by atoms with Crippen LogP contribution in [0, 0.1) is 12.8 Å². The molecule has 9 nitrogen and oxygen atoms in total. The van der Waals surface area contributed by atoms with Gasteiger partial charge in [-0.15, -0.1) is 0 Å². The number of fused-ring (bicyclic) bond motifs is 2. The number of aromatic amines is 1. The van der Waals surface area contributed by atoms with Crippen molar-refractivity contribution in [1.82, 2.24) is 34.4 Å². The lowest BCUT2D eigenvalue weighted by atomic mass is 9.85. The summed E-state index contributed by atoms with van der Waals surface area (Å²) in [6.07, 6.45) is 6.92. The van der Waals surface area contributed by atoms with E-state index in [9.17, 15) is 13.6 Å². The van der Waals surface area contributed by atoms with Gasteiger partial charge in [0.2, 0.25) is 11.9 Å². The van der Waals surface area contributed by atoms with Gasteiger partial charge in [0.25, 0.3) is 6.43 Å². The Labute approximate surface area is 212 Å². The highest BCUT2D eigenvalue weighted by atomic mass is 19.3. The van der Waals surface area contributed by atoms with Crippen molar-refractivity contribution in [3.8, 4) is 11.3 Å². The van der Waals surface area contributed by atoms with E-state index in [0.29, 0.717) is 40.2 Å². The molecule has 11 heteroatoms. The maximum Gasteiger partial charge on any atom is 0.256 e. The van der Waals surface area contributed by atoms with Crippen molar-refractivity contribution < 1.29 is 13.6 Å². The zero-order chi connectivity index (χ0) is 25.5. The molecule has 0 spiro atoms. The van der Waals surface area contributed by atoms with Crippen molar-refractivity contribution in [3.63, 3.8) is 0 Å². The van der Waals surface area contributed by atoms with Crippen LogP contribution in [-0.2, 0) is 11.3 Å². The van der Waals surface area contributed by atoms with Crippen LogP contribution in [0.4, 0.5) is 14.7 Å². The topological polar surface area (TPSA) is 105 Å². The second-order valence-electron chi connectivity index (χ2n) is 10.1. The highest BCUT2D eigenvalue weighted by Crippen LogP contribution is 2.31. The summed E-state index contributed by atoms with van der Waals surface area (Å²) in [5.41, 5.74) is 3.12. The van der Waals surface area contributed by atoms with E-state index in [2.05, 4.69) is 30.2 Å². The third-order valence-electron chi connectivity index (χ3n) is 7.64. The molecule has 2 fully saturated rings. The summed E-state index contributed by atoms with van der Waals surface area (Å²) in [4.78, 5) is 36.1. The molecule has 1 aliphatic carbocycles. The number of halogens is 2. The maximum atomic E-state index is 13.1. The molecular formula is C26H30F2N8O. The van der Waals surface area contributed by atoms with Gasteiger partial charge >= 0.3 is 0 Å². The van der Waals surface area contributed by atoms with E-state index in [1.54, 1.807) is 19.2 Å². The zero-order valence-electron chi connectivity index (χ0n) is 20.8. The van der Waals surface area contributed by atoms with Crippen LogP contribution in [0.2, 0.25) is 0 Å². The van der Waals surface area contributed by atoms with E-state index in [1.807, 2.05) is 17.2 Å². The number of imidazole rings is 1. The third-order valence-corrected chi connectivity index (χ3v) is 7.64. The van der Waals surface area contributed by atoms with Gasteiger partial charge in [-0.05, 0) is 57.6 Å². The first-order valence-electron chi connectivity index (χ1n) is 13.0. The number of carbonyl (C=O) groups is 1. The number of anilines is 1.